The zero-order valence-corrected chi connectivity index (χ0v) is 12.0. The van der Waals surface area contributed by atoms with Crippen molar-refractivity contribution in [2.24, 2.45) is 0 Å². The van der Waals surface area contributed by atoms with Crippen LogP contribution < -0.4 is 5.32 Å². The average molecular weight is 251 g/mol. The summed E-state index contributed by atoms with van der Waals surface area (Å²) >= 11 is 0. The minimum absolute atomic E-state index is 0.0217. The van der Waals surface area contributed by atoms with Crippen LogP contribution in [-0.2, 0) is 17.7 Å². The largest absolute Gasteiger partial charge is 0.373 e. The van der Waals surface area contributed by atoms with Gasteiger partial charge in [0, 0.05) is 31.1 Å². The Morgan fingerprint density at radius 3 is 2.67 bits per heavy atom. The first kappa shape index (κ1) is 15.1. The fourth-order valence-corrected chi connectivity index (χ4v) is 1.94. The SMILES string of the molecule is CCCC(OC)c1ncc(CNCC)c(CC)n1. The molecule has 1 N–H and O–H groups in total. The summed E-state index contributed by atoms with van der Waals surface area (Å²) in [5.41, 5.74) is 2.31. The highest BCUT2D eigenvalue weighted by Crippen LogP contribution is 2.19. The van der Waals surface area contributed by atoms with E-state index in [4.69, 9.17) is 4.74 Å². The normalized spacial score (nSPS) is 12.7. The molecule has 0 bridgehead atoms. The molecule has 4 nitrogen and oxygen atoms in total. The first-order valence-electron chi connectivity index (χ1n) is 6.84. The van der Waals surface area contributed by atoms with E-state index >= 15 is 0 Å². The lowest BCUT2D eigenvalue weighted by molar-refractivity contribution is 0.0873. The van der Waals surface area contributed by atoms with Crippen molar-refractivity contribution < 1.29 is 4.74 Å². The van der Waals surface area contributed by atoms with E-state index in [2.05, 4.69) is 36.1 Å². The Labute approximate surface area is 110 Å². The number of aryl methyl sites for hydroxylation is 1. The molecule has 0 aliphatic heterocycles. The van der Waals surface area contributed by atoms with Crippen molar-refractivity contribution in [2.75, 3.05) is 13.7 Å². The fraction of sp³-hybridized carbons (Fsp3) is 0.714. The number of rotatable bonds is 8. The second-order valence-electron chi connectivity index (χ2n) is 4.35. The Balaban J connectivity index is 2.89. The summed E-state index contributed by atoms with van der Waals surface area (Å²) in [7, 11) is 1.72. The number of nitrogens with one attached hydrogen (secondary N) is 1. The van der Waals surface area contributed by atoms with E-state index in [1.807, 2.05) is 6.20 Å². The summed E-state index contributed by atoms with van der Waals surface area (Å²) in [6.07, 6.45) is 4.92. The third-order valence-corrected chi connectivity index (χ3v) is 3.00. The van der Waals surface area contributed by atoms with Gasteiger partial charge in [0.1, 0.15) is 6.10 Å². The highest BCUT2D eigenvalue weighted by atomic mass is 16.5. The smallest absolute Gasteiger partial charge is 0.157 e. The lowest BCUT2D eigenvalue weighted by atomic mass is 10.1. The van der Waals surface area contributed by atoms with E-state index in [0.29, 0.717) is 0 Å². The van der Waals surface area contributed by atoms with Crippen LogP contribution in [0.4, 0.5) is 0 Å². The maximum atomic E-state index is 5.46. The Kier molecular flexibility index (Phi) is 6.83. The van der Waals surface area contributed by atoms with Gasteiger partial charge in [-0.25, -0.2) is 9.97 Å². The molecule has 1 aromatic heterocycles. The first-order chi connectivity index (χ1) is 8.76. The lowest BCUT2D eigenvalue weighted by Gasteiger charge is -2.15. The lowest BCUT2D eigenvalue weighted by Crippen LogP contribution is -2.16. The number of nitrogens with zero attached hydrogens (tertiary/aromatic N) is 2. The van der Waals surface area contributed by atoms with Crippen molar-refractivity contribution in [3.8, 4) is 0 Å². The van der Waals surface area contributed by atoms with E-state index in [9.17, 15) is 0 Å². The molecule has 0 aliphatic rings. The number of hydrogen-bond donors (Lipinski definition) is 1. The van der Waals surface area contributed by atoms with Gasteiger partial charge in [0.05, 0.1) is 0 Å². The number of aromatic nitrogens is 2. The molecule has 1 atom stereocenters. The summed E-state index contributed by atoms with van der Waals surface area (Å²) in [6.45, 7) is 8.17. The second kappa shape index (κ2) is 8.16. The monoisotopic (exact) mass is 251 g/mol. The Morgan fingerprint density at radius 1 is 1.33 bits per heavy atom. The van der Waals surface area contributed by atoms with Crippen LogP contribution >= 0.6 is 0 Å². The Morgan fingerprint density at radius 2 is 2.11 bits per heavy atom. The summed E-state index contributed by atoms with van der Waals surface area (Å²) < 4.78 is 5.46. The molecule has 18 heavy (non-hydrogen) atoms. The van der Waals surface area contributed by atoms with Crippen LogP contribution in [-0.4, -0.2) is 23.6 Å². The fourth-order valence-electron chi connectivity index (χ4n) is 1.94. The van der Waals surface area contributed by atoms with Crippen molar-refractivity contribution in [1.82, 2.24) is 15.3 Å². The zero-order valence-electron chi connectivity index (χ0n) is 12.0. The Hall–Kier alpha value is -1.00. The number of methoxy groups -OCH3 is 1. The molecule has 0 radical (unpaired) electrons. The van der Waals surface area contributed by atoms with Crippen molar-refractivity contribution in [3.05, 3.63) is 23.3 Å². The van der Waals surface area contributed by atoms with Crippen LogP contribution in [0.5, 0.6) is 0 Å². The molecule has 0 fully saturated rings. The van der Waals surface area contributed by atoms with E-state index in [-0.39, 0.29) is 6.10 Å². The standard InChI is InChI=1S/C14H25N3O/c1-5-8-13(18-4)14-16-10-11(9-15-7-3)12(6-2)17-14/h10,13,15H,5-9H2,1-4H3. The highest BCUT2D eigenvalue weighted by Gasteiger charge is 2.14. The second-order valence-corrected chi connectivity index (χ2v) is 4.35. The summed E-state index contributed by atoms with van der Waals surface area (Å²) in [4.78, 5) is 9.11. The van der Waals surface area contributed by atoms with Crippen LogP contribution in [0.3, 0.4) is 0 Å². The molecule has 1 unspecified atom stereocenters. The van der Waals surface area contributed by atoms with Gasteiger partial charge < -0.3 is 10.1 Å². The average Bonchev–Trinajstić information content (AvgIpc) is 2.42. The maximum absolute atomic E-state index is 5.46. The molecule has 1 rings (SSSR count). The van der Waals surface area contributed by atoms with Gasteiger partial charge in [-0.2, -0.15) is 0 Å². The van der Waals surface area contributed by atoms with Gasteiger partial charge in [0.15, 0.2) is 5.82 Å². The number of hydrogen-bond acceptors (Lipinski definition) is 4. The third-order valence-electron chi connectivity index (χ3n) is 3.00. The molecule has 4 heteroatoms. The molecule has 1 heterocycles. The van der Waals surface area contributed by atoms with Crippen molar-refractivity contribution in [1.29, 1.82) is 0 Å². The predicted octanol–water partition coefficient (Wildman–Crippen LogP) is 2.64. The van der Waals surface area contributed by atoms with Crippen LogP contribution in [0, 0.1) is 0 Å². The highest BCUT2D eigenvalue weighted by molar-refractivity contribution is 5.18. The molecule has 1 aromatic rings. The molecular weight excluding hydrogens is 226 g/mol. The van der Waals surface area contributed by atoms with Gasteiger partial charge in [-0.15, -0.1) is 0 Å². The quantitative estimate of drug-likeness (QED) is 0.771. The molecule has 0 spiro atoms. The molecular formula is C14H25N3O. The maximum Gasteiger partial charge on any atom is 0.157 e. The van der Waals surface area contributed by atoms with Gasteiger partial charge in [0.2, 0.25) is 0 Å². The van der Waals surface area contributed by atoms with Crippen molar-refractivity contribution >= 4 is 0 Å². The number of ether oxygens (including phenoxy) is 1. The zero-order chi connectivity index (χ0) is 13.4. The van der Waals surface area contributed by atoms with E-state index in [0.717, 1.165) is 43.9 Å². The van der Waals surface area contributed by atoms with Gasteiger partial charge in [0.25, 0.3) is 0 Å². The van der Waals surface area contributed by atoms with Crippen molar-refractivity contribution in [2.45, 2.75) is 52.7 Å². The molecule has 0 saturated heterocycles. The molecule has 0 saturated carbocycles. The van der Waals surface area contributed by atoms with Crippen LogP contribution in [0.25, 0.3) is 0 Å². The molecule has 0 amide bonds. The molecule has 0 aliphatic carbocycles. The van der Waals surface area contributed by atoms with Crippen LogP contribution in [0.2, 0.25) is 0 Å². The summed E-state index contributed by atoms with van der Waals surface area (Å²) in [5.74, 6) is 0.816. The minimum atomic E-state index is 0.0217. The summed E-state index contributed by atoms with van der Waals surface area (Å²) in [6, 6.07) is 0. The predicted molar refractivity (Wildman–Crippen MR) is 73.4 cm³/mol. The van der Waals surface area contributed by atoms with Crippen molar-refractivity contribution in [3.63, 3.8) is 0 Å². The topological polar surface area (TPSA) is 47.0 Å². The van der Waals surface area contributed by atoms with Gasteiger partial charge in [-0.3, -0.25) is 0 Å². The Bertz CT molecular complexity index is 355. The van der Waals surface area contributed by atoms with E-state index < -0.39 is 0 Å². The van der Waals surface area contributed by atoms with Gasteiger partial charge >= 0.3 is 0 Å². The van der Waals surface area contributed by atoms with E-state index in [1.165, 1.54) is 5.56 Å². The van der Waals surface area contributed by atoms with Gasteiger partial charge in [-0.05, 0) is 19.4 Å². The molecule has 102 valence electrons. The van der Waals surface area contributed by atoms with E-state index in [1.54, 1.807) is 7.11 Å². The minimum Gasteiger partial charge on any atom is -0.373 e. The summed E-state index contributed by atoms with van der Waals surface area (Å²) in [5, 5.41) is 3.32. The molecule has 0 aromatic carbocycles. The first-order valence-corrected chi connectivity index (χ1v) is 6.84. The van der Waals surface area contributed by atoms with Crippen LogP contribution in [0.1, 0.15) is 56.8 Å². The van der Waals surface area contributed by atoms with Gasteiger partial charge in [-0.1, -0.05) is 27.2 Å². The third kappa shape index (κ3) is 4.03. The van der Waals surface area contributed by atoms with Crippen LogP contribution in [0.15, 0.2) is 6.20 Å².